The molecule has 1 heterocycles. The van der Waals surface area contributed by atoms with Crippen LogP contribution in [-0.4, -0.2) is 47.7 Å². The van der Waals surface area contributed by atoms with E-state index in [0.29, 0.717) is 6.54 Å². The molecule has 0 spiro atoms. The highest BCUT2D eigenvalue weighted by atomic mass is 16.2. The molecule has 6 nitrogen and oxygen atoms in total. The smallest absolute Gasteiger partial charge is 0.271 e. The summed E-state index contributed by atoms with van der Waals surface area (Å²) < 4.78 is 0. The van der Waals surface area contributed by atoms with Crippen molar-refractivity contribution in [3.8, 4) is 0 Å². The molecule has 1 amide bonds. The molecule has 0 bridgehead atoms. The Morgan fingerprint density at radius 3 is 2.55 bits per heavy atom. The van der Waals surface area contributed by atoms with Crippen molar-refractivity contribution < 1.29 is 4.79 Å². The zero-order valence-electron chi connectivity index (χ0n) is 12.7. The first-order chi connectivity index (χ1) is 10.6. The molecule has 22 heavy (non-hydrogen) atoms. The Morgan fingerprint density at radius 2 is 1.95 bits per heavy atom. The fraction of sp³-hybridized carbons (Fsp3) is 0.312. The third-order valence-electron chi connectivity index (χ3n) is 3.45. The van der Waals surface area contributed by atoms with E-state index < -0.39 is 0 Å². The monoisotopic (exact) mass is 300 g/mol. The Bertz CT molecular complexity index is 647. The highest BCUT2D eigenvalue weighted by Gasteiger charge is 2.15. The molecule has 2 rings (SSSR count). The van der Waals surface area contributed by atoms with Crippen LogP contribution in [0.3, 0.4) is 0 Å². The van der Waals surface area contributed by atoms with E-state index in [1.807, 2.05) is 32.3 Å². The van der Waals surface area contributed by atoms with Gasteiger partial charge in [0.25, 0.3) is 11.5 Å². The number of carbonyl (C=O) groups is 1. The van der Waals surface area contributed by atoms with Crippen molar-refractivity contribution in [2.24, 2.45) is 0 Å². The molecule has 0 aliphatic heterocycles. The number of carbonyl (C=O) groups excluding carboxylic acids is 1. The van der Waals surface area contributed by atoms with Gasteiger partial charge in [-0.3, -0.25) is 9.59 Å². The first-order valence-electron chi connectivity index (χ1n) is 7.10. The van der Waals surface area contributed by atoms with Crippen LogP contribution in [0.4, 0.5) is 0 Å². The van der Waals surface area contributed by atoms with Gasteiger partial charge in [0.15, 0.2) is 0 Å². The highest BCUT2D eigenvalue weighted by Crippen LogP contribution is 2.06. The molecule has 0 fully saturated rings. The van der Waals surface area contributed by atoms with Gasteiger partial charge in [0.2, 0.25) is 0 Å². The molecule has 1 aromatic carbocycles. The number of amides is 1. The SMILES string of the molecule is CN(C)C(CNC(=O)c1ccc(=O)[nH]n1)Cc1ccccc1. The molecule has 2 N–H and O–H groups in total. The van der Waals surface area contributed by atoms with Crippen LogP contribution in [0, 0.1) is 0 Å². The van der Waals surface area contributed by atoms with Gasteiger partial charge in [-0.2, -0.15) is 5.10 Å². The van der Waals surface area contributed by atoms with Crippen molar-refractivity contribution in [2.45, 2.75) is 12.5 Å². The first kappa shape index (κ1) is 15.9. The summed E-state index contributed by atoms with van der Waals surface area (Å²) >= 11 is 0. The second-order valence-corrected chi connectivity index (χ2v) is 5.32. The van der Waals surface area contributed by atoms with Crippen LogP contribution < -0.4 is 10.9 Å². The minimum Gasteiger partial charge on any atom is -0.349 e. The average molecular weight is 300 g/mol. The average Bonchev–Trinajstić information content (AvgIpc) is 2.52. The lowest BCUT2D eigenvalue weighted by Crippen LogP contribution is -2.42. The number of likely N-dealkylation sites (N-methyl/N-ethyl adjacent to an activating group) is 1. The fourth-order valence-corrected chi connectivity index (χ4v) is 2.10. The van der Waals surface area contributed by atoms with E-state index in [4.69, 9.17) is 0 Å². The van der Waals surface area contributed by atoms with E-state index in [-0.39, 0.29) is 23.2 Å². The number of hydrogen-bond acceptors (Lipinski definition) is 4. The molecule has 0 aliphatic carbocycles. The number of aromatic amines is 1. The van der Waals surface area contributed by atoms with Crippen LogP contribution in [0.2, 0.25) is 0 Å². The minimum atomic E-state index is -0.327. The van der Waals surface area contributed by atoms with Crippen molar-refractivity contribution in [1.82, 2.24) is 20.4 Å². The lowest BCUT2D eigenvalue weighted by Gasteiger charge is -2.24. The van der Waals surface area contributed by atoms with Gasteiger partial charge in [-0.1, -0.05) is 30.3 Å². The molecule has 1 atom stereocenters. The second-order valence-electron chi connectivity index (χ2n) is 5.32. The van der Waals surface area contributed by atoms with E-state index in [9.17, 15) is 9.59 Å². The van der Waals surface area contributed by atoms with Crippen molar-refractivity contribution in [1.29, 1.82) is 0 Å². The molecule has 0 saturated heterocycles. The molecule has 0 aliphatic rings. The normalized spacial score (nSPS) is 12.1. The number of hydrogen-bond donors (Lipinski definition) is 2. The van der Waals surface area contributed by atoms with Gasteiger partial charge in [-0.15, -0.1) is 0 Å². The van der Waals surface area contributed by atoms with Gasteiger partial charge >= 0.3 is 0 Å². The van der Waals surface area contributed by atoms with Crippen LogP contribution in [0.15, 0.2) is 47.3 Å². The fourth-order valence-electron chi connectivity index (χ4n) is 2.10. The molecule has 6 heteroatoms. The summed E-state index contributed by atoms with van der Waals surface area (Å²) in [7, 11) is 3.97. The van der Waals surface area contributed by atoms with Gasteiger partial charge in [0.1, 0.15) is 5.69 Å². The molecule has 0 saturated carbocycles. The summed E-state index contributed by atoms with van der Waals surface area (Å²) in [5.74, 6) is -0.295. The zero-order chi connectivity index (χ0) is 15.9. The highest BCUT2D eigenvalue weighted by molar-refractivity contribution is 5.91. The summed E-state index contributed by atoms with van der Waals surface area (Å²) in [6.45, 7) is 0.502. The maximum absolute atomic E-state index is 12.0. The number of aromatic nitrogens is 2. The Morgan fingerprint density at radius 1 is 1.23 bits per heavy atom. The summed E-state index contributed by atoms with van der Waals surface area (Å²) in [6, 6.07) is 13.0. The van der Waals surface area contributed by atoms with Gasteiger partial charge < -0.3 is 10.2 Å². The van der Waals surface area contributed by atoms with E-state index in [0.717, 1.165) is 6.42 Å². The number of rotatable bonds is 6. The van der Waals surface area contributed by atoms with E-state index in [1.54, 1.807) is 0 Å². The van der Waals surface area contributed by atoms with Crippen LogP contribution in [0.25, 0.3) is 0 Å². The molecular weight excluding hydrogens is 280 g/mol. The van der Waals surface area contributed by atoms with Gasteiger partial charge in [-0.05, 0) is 32.1 Å². The molecule has 0 radical (unpaired) electrons. The zero-order valence-corrected chi connectivity index (χ0v) is 12.7. The molecule has 116 valence electrons. The topological polar surface area (TPSA) is 78.1 Å². The van der Waals surface area contributed by atoms with Gasteiger partial charge in [0, 0.05) is 18.7 Å². The van der Waals surface area contributed by atoms with Crippen LogP contribution in [0.1, 0.15) is 16.1 Å². The number of H-pyrrole nitrogens is 1. The van der Waals surface area contributed by atoms with Crippen molar-refractivity contribution >= 4 is 5.91 Å². The predicted octanol–water partition coefficient (Wildman–Crippen LogP) is 0.673. The Labute approximate surface area is 129 Å². The molecule has 1 unspecified atom stereocenters. The quantitative estimate of drug-likeness (QED) is 0.822. The maximum Gasteiger partial charge on any atom is 0.271 e. The summed E-state index contributed by atoms with van der Waals surface area (Å²) in [4.78, 5) is 25.0. The number of benzene rings is 1. The molecule has 2 aromatic rings. The van der Waals surface area contributed by atoms with Crippen LogP contribution in [-0.2, 0) is 6.42 Å². The lowest BCUT2D eigenvalue weighted by molar-refractivity contribution is 0.0935. The van der Waals surface area contributed by atoms with Gasteiger partial charge in [0.05, 0.1) is 0 Å². The van der Waals surface area contributed by atoms with E-state index >= 15 is 0 Å². The first-order valence-corrected chi connectivity index (χ1v) is 7.10. The van der Waals surface area contributed by atoms with Crippen molar-refractivity contribution in [3.05, 3.63) is 64.1 Å². The number of nitrogens with zero attached hydrogens (tertiary/aromatic N) is 2. The van der Waals surface area contributed by atoms with E-state index in [1.165, 1.54) is 17.7 Å². The Kier molecular flexibility index (Phi) is 5.43. The summed E-state index contributed by atoms with van der Waals surface area (Å²) in [5.41, 5.74) is 1.10. The standard InChI is InChI=1S/C16H20N4O2/c1-20(2)13(10-12-6-4-3-5-7-12)11-17-16(22)14-8-9-15(21)19-18-14/h3-9,13H,10-11H2,1-2H3,(H,17,22)(H,19,21). The van der Waals surface area contributed by atoms with Gasteiger partial charge in [-0.25, -0.2) is 5.10 Å². The second kappa shape index (κ2) is 7.51. The van der Waals surface area contributed by atoms with Crippen LogP contribution >= 0.6 is 0 Å². The van der Waals surface area contributed by atoms with Crippen molar-refractivity contribution in [3.63, 3.8) is 0 Å². The minimum absolute atomic E-state index is 0.175. The van der Waals surface area contributed by atoms with Crippen LogP contribution in [0.5, 0.6) is 0 Å². The lowest BCUT2D eigenvalue weighted by atomic mass is 10.1. The maximum atomic E-state index is 12.0. The van der Waals surface area contributed by atoms with E-state index in [2.05, 4.69) is 32.5 Å². The predicted molar refractivity (Wildman–Crippen MR) is 84.8 cm³/mol. The third kappa shape index (κ3) is 4.53. The summed E-state index contributed by atoms with van der Waals surface area (Å²) in [6.07, 6.45) is 0.840. The van der Waals surface area contributed by atoms with Crippen molar-refractivity contribution in [2.75, 3.05) is 20.6 Å². The number of nitrogens with one attached hydrogen (secondary N) is 2. The molecular formula is C16H20N4O2. The Hall–Kier alpha value is -2.47. The largest absolute Gasteiger partial charge is 0.349 e. The third-order valence-corrected chi connectivity index (χ3v) is 3.45. The molecule has 1 aromatic heterocycles. The Balaban J connectivity index is 1.95. The summed E-state index contributed by atoms with van der Waals surface area (Å²) in [5, 5.41) is 8.83.